The number of anilines is 1. The second kappa shape index (κ2) is 12.4. The number of carbonyl (C=O) groups excluding carboxylic acids is 1. The molecule has 0 saturated carbocycles. The molecule has 0 aliphatic carbocycles. The number of benzene rings is 2. The zero-order valence-corrected chi connectivity index (χ0v) is 20.8. The lowest BCUT2D eigenvalue weighted by Gasteiger charge is -2.37. The average Bonchev–Trinajstić information content (AvgIpc) is 2.81. The standard InChI is InChI=1S/C23H31N5O2.HI/c1-4-25-23(26-17-18-7-5-8-19(15-18)22(29)24-2)28-13-11-27(12-14-28)20-9-6-10-21(16-20)30-3;/h5-10,15-16H,4,11-14,17H2,1-3H3,(H,24,29)(H,25,26);1H. The maximum Gasteiger partial charge on any atom is 0.251 e. The molecule has 2 N–H and O–H groups in total. The van der Waals surface area contributed by atoms with Gasteiger partial charge in [0.05, 0.1) is 13.7 Å². The van der Waals surface area contributed by atoms with Gasteiger partial charge < -0.3 is 25.2 Å². The predicted molar refractivity (Wildman–Crippen MR) is 137 cm³/mol. The molecule has 1 fully saturated rings. The van der Waals surface area contributed by atoms with Crippen LogP contribution in [-0.2, 0) is 6.54 Å². The van der Waals surface area contributed by atoms with Crippen LogP contribution in [0.1, 0.15) is 22.8 Å². The third-order valence-corrected chi connectivity index (χ3v) is 5.16. The second-order valence-corrected chi connectivity index (χ2v) is 7.13. The number of guanidine groups is 1. The predicted octanol–water partition coefficient (Wildman–Crippen LogP) is 2.96. The van der Waals surface area contributed by atoms with Gasteiger partial charge in [-0.05, 0) is 36.8 Å². The first-order chi connectivity index (χ1) is 14.6. The monoisotopic (exact) mass is 537 g/mol. The molecule has 0 bridgehead atoms. The molecule has 2 aromatic carbocycles. The van der Waals surface area contributed by atoms with Gasteiger partial charge in [0.2, 0.25) is 0 Å². The number of amides is 1. The fourth-order valence-electron chi connectivity index (χ4n) is 3.53. The molecule has 1 aliphatic heterocycles. The topological polar surface area (TPSA) is 69.2 Å². The summed E-state index contributed by atoms with van der Waals surface area (Å²) in [4.78, 5) is 21.3. The number of piperazine rings is 1. The molecule has 1 amide bonds. The maximum atomic E-state index is 11.9. The van der Waals surface area contributed by atoms with Crippen LogP contribution in [0.3, 0.4) is 0 Å². The molecule has 31 heavy (non-hydrogen) atoms. The number of rotatable bonds is 6. The van der Waals surface area contributed by atoms with E-state index < -0.39 is 0 Å². The van der Waals surface area contributed by atoms with Crippen molar-refractivity contribution in [2.24, 2.45) is 4.99 Å². The van der Waals surface area contributed by atoms with Crippen molar-refractivity contribution in [2.45, 2.75) is 13.5 Å². The van der Waals surface area contributed by atoms with Crippen molar-refractivity contribution in [3.8, 4) is 5.75 Å². The molecule has 0 unspecified atom stereocenters. The minimum atomic E-state index is -0.0820. The number of carbonyl (C=O) groups is 1. The van der Waals surface area contributed by atoms with Gasteiger partial charge in [-0.1, -0.05) is 18.2 Å². The summed E-state index contributed by atoms with van der Waals surface area (Å²) in [5, 5.41) is 6.06. The van der Waals surface area contributed by atoms with Crippen LogP contribution < -0.4 is 20.3 Å². The SMILES string of the molecule is CCNC(=NCc1cccc(C(=O)NC)c1)N1CCN(c2cccc(OC)c2)CC1.I. The van der Waals surface area contributed by atoms with Crippen LogP contribution in [0.5, 0.6) is 5.75 Å². The number of halogens is 1. The van der Waals surface area contributed by atoms with Gasteiger partial charge in [-0.25, -0.2) is 4.99 Å². The van der Waals surface area contributed by atoms with E-state index in [0.29, 0.717) is 12.1 Å². The third-order valence-electron chi connectivity index (χ3n) is 5.16. The summed E-state index contributed by atoms with van der Waals surface area (Å²) >= 11 is 0. The Hall–Kier alpha value is -2.49. The Kier molecular flexibility index (Phi) is 9.90. The molecule has 1 saturated heterocycles. The Bertz CT molecular complexity index is 882. The summed E-state index contributed by atoms with van der Waals surface area (Å²) in [5.41, 5.74) is 2.85. The molecular formula is C23H32IN5O2. The number of methoxy groups -OCH3 is 1. The highest BCUT2D eigenvalue weighted by atomic mass is 127. The Labute approximate surface area is 201 Å². The molecule has 0 atom stereocenters. The smallest absolute Gasteiger partial charge is 0.251 e. The van der Waals surface area contributed by atoms with Crippen molar-refractivity contribution < 1.29 is 9.53 Å². The molecular weight excluding hydrogens is 505 g/mol. The van der Waals surface area contributed by atoms with Crippen molar-refractivity contribution >= 4 is 41.5 Å². The Morgan fingerprint density at radius 2 is 1.84 bits per heavy atom. The molecule has 8 heteroatoms. The molecule has 168 valence electrons. The average molecular weight is 537 g/mol. The van der Waals surface area contributed by atoms with Crippen LogP contribution in [0.25, 0.3) is 0 Å². The first-order valence-electron chi connectivity index (χ1n) is 10.4. The van der Waals surface area contributed by atoms with Gasteiger partial charge in [0.1, 0.15) is 5.75 Å². The largest absolute Gasteiger partial charge is 0.497 e. The first kappa shape index (κ1) is 24.8. The maximum absolute atomic E-state index is 11.9. The minimum absolute atomic E-state index is 0. The van der Waals surface area contributed by atoms with Crippen LogP contribution in [-0.4, -0.2) is 63.6 Å². The van der Waals surface area contributed by atoms with Crippen molar-refractivity contribution in [3.05, 3.63) is 59.7 Å². The summed E-state index contributed by atoms with van der Waals surface area (Å²) in [5.74, 6) is 1.71. The summed E-state index contributed by atoms with van der Waals surface area (Å²) in [6.45, 7) is 7.04. The number of ether oxygens (including phenoxy) is 1. The fraction of sp³-hybridized carbons (Fsp3) is 0.391. The summed E-state index contributed by atoms with van der Waals surface area (Å²) < 4.78 is 5.35. The van der Waals surface area contributed by atoms with E-state index in [-0.39, 0.29) is 29.9 Å². The lowest BCUT2D eigenvalue weighted by Crippen LogP contribution is -2.52. The number of aliphatic imine (C=N–C) groups is 1. The number of hydrogen-bond donors (Lipinski definition) is 2. The van der Waals surface area contributed by atoms with Gasteiger partial charge in [-0.2, -0.15) is 0 Å². The van der Waals surface area contributed by atoms with Gasteiger partial charge >= 0.3 is 0 Å². The molecule has 7 nitrogen and oxygen atoms in total. The molecule has 0 spiro atoms. The number of nitrogens with zero attached hydrogens (tertiary/aromatic N) is 3. The van der Waals surface area contributed by atoms with Gasteiger partial charge in [-0.15, -0.1) is 24.0 Å². The van der Waals surface area contributed by atoms with Crippen molar-refractivity contribution in [1.82, 2.24) is 15.5 Å². The normalized spacial score (nSPS) is 14.0. The zero-order valence-electron chi connectivity index (χ0n) is 18.4. The van der Waals surface area contributed by atoms with Crippen LogP contribution in [0, 0.1) is 0 Å². The molecule has 1 aliphatic rings. The number of hydrogen-bond acceptors (Lipinski definition) is 4. The third kappa shape index (κ3) is 6.75. The molecule has 0 aromatic heterocycles. The first-order valence-corrected chi connectivity index (χ1v) is 10.4. The fourth-order valence-corrected chi connectivity index (χ4v) is 3.53. The molecule has 2 aromatic rings. The van der Waals surface area contributed by atoms with Gasteiger partial charge in [0, 0.05) is 57.1 Å². The van der Waals surface area contributed by atoms with Crippen molar-refractivity contribution in [2.75, 3.05) is 51.8 Å². The van der Waals surface area contributed by atoms with Gasteiger partial charge in [0.25, 0.3) is 5.91 Å². The van der Waals surface area contributed by atoms with E-state index in [1.165, 1.54) is 5.69 Å². The van der Waals surface area contributed by atoms with Crippen LogP contribution in [0.4, 0.5) is 5.69 Å². The quantitative estimate of drug-likeness (QED) is 0.337. The highest BCUT2D eigenvalue weighted by Crippen LogP contribution is 2.22. The Morgan fingerprint density at radius 3 is 2.52 bits per heavy atom. The van der Waals surface area contributed by atoms with Crippen LogP contribution in [0.15, 0.2) is 53.5 Å². The lowest BCUT2D eigenvalue weighted by molar-refractivity contribution is 0.0963. The highest BCUT2D eigenvalue weighted by molar-refractivity contribution is 14.0. The van der Waals surface area contributed by atoms with E-state index in [1.807, 2.05) is 36.4 Å². The summed E-state index contributed by atoms with van der Waals surface area (Å²) in [7, 11) is 3.34. The number of nitrogens with one attached hydrogen (secondary N) is 2. The Morgan fingerprint density at radius 1 is 1.10 bits per heavy atom. The molecule has 3 rings (SSSR count). The Balaban J connectivity index is 0.00000341. The van der Waals surface area contributed by atoms with Crippen molar-refractivity contribution in [3.63, 3.8) is 0 Å². The van der Waals surface area contributed by atoms with E-state index >= 15 is 0 Å². The van der Waals surface area contributed by atoms with E-state index in [2.05, 4.69) is 39.5 Å². The zero-order chi connectivity index (χ0) is 21.3. The second-order valence-electron chi connectivity index (χ2n) is 7.13. The van der Waals surface area contributed by atoms with Gasteiger partial charge in [-0.3, -0.25) is 4.79 Å². The lowest BCUT2D eigenvalue weighted by atomic mass is 10.1. The van der Waals surface area contributed by atoms with E-state index in [0.717, 1.165) is 50.0 Å². The summed E-state index contributed by atoms with van der Waals surface area (Å²) in [6.07, 6.45) is 0. The minimum Gasteiger partial charge on any atom is -0.497 e. The van der Waals surface area contributed by atoms with Crippen LogP contribution in [0.2, 0.25) is 0 Å². The van der Waals surface area contributed by atoms with E-state index in [4.69, 9.17) is 9.73 Å². The van der Waals surface area contributed by atoms with E-state index in [1.54, 1.807) is 14.2 Å². The molecule has 0 radical (unpaired) electrons. The van der Waals surface area contributed by atoms with Crippen LogP contribution >= 0.6 is 24.0 Å². The molecule has 1 heterocycles. The highest BCUT2D eigenvalue weighted by Gasteiger charge is 2.20. The van der Waals surface area contributed by atoms with E-state index in [9.17, 15) is 4.79 Å². The van der Waals surface area contributed by atoms with Crippen molar-refractivity contribution in [1.29, 1.82) is 0 Å². The summed E-state index contributed by atoms with van der Waals surface area (Å²) in [6, 6.07) is 15.8. The van der Waals surface area contributed by atoms with Gasteiger partial charge in [0.15, 0.2) is 5.96 Å².